The Morgan fingerprint density at radius 3 is 2.13 bits per heavy atom. The second-order valence-electron chi connectivity index (χ2n) is 11.3. The third-order valence-electron chi connectivity index (χ3n) is 7.85. The summed E-state index contributed by atoms with van der Waals surface area (Å²) in [7, 11) is 0. The van der Waals surface area contributed by atoms with Gasteiger partial charge < -0.3 is 14.2 Å². The van der Waals surface area contributed by atoms with Gasteiger partial charge in [-0.05, 0) is 25.0 Å². The summed E-state index contributed by atoms with van der Waals surface area (Å²) in [6.07, 6.45) is 24.4. The van der Waals surface area contributed by atoms with Crippen LogP contribution in [0.15, 0.2) is 42.6 Å². The number of unbranched alkanes of at least 4 members (excludes halogenated alkanes) is 14. The van der Waals surface area contributed by atoms with Crippen molar-refractivity contribution in [3.8, 4) is 0 Å². The fraction of sp³-hybridized carbons (Fsp3) is 0.706. The predicted octanol–water partition coefficient (Wildman–Crippen LogP) is 8.45. The highest BCUT2D eigenvalue weighted by Crippen LogP contribution is 2.19. The topological polar surface area (TPSA) is 48.6 Å². The highest BCUT2D eigenvalue weighted by molar-refractivity contribution is 5.75. The van der Waals surface area contributed by atoms with E-state index >= 15 is 0 Å². The molecule has 1 saturated heterocycles. The number of carbonyl (C=O) groups is 1. The Hall–Kier alpha value is -1.98. The first kappa shape index (κ1) is 31.5. The maximum Gasteiger partial charge on any atom is 0.306 e. The fourth-order valence-corrected chi connectivity index (χ4v) is 5.50. The lowest BCUT2D eigenvalue weighted by atomic mass is 10.0. The highest BCUT2D eigenvalue weighted by atomic mass is 16.7. The van der Waals surface area contributed by atoms with Crippen molar-refractivity contribution in [3.05, 3.63) is 42.6 Å². The molecule has 0 amide bonds. The van der Waals surface area contributed by atoms with Crippen LogP contribution in [-0.2, 0) is 25.5 Å². The summed E-state index contributed by atoms with van der Waals surface area (Å²) in [5.41, 5.74) is 1.19. The van der Waals surface area contributed by atoms with Crippen molar-refractivity contribution in [3.63, 3.8) is 0 Å². The number of rotatable bonds is 22. The molecule has 39 heavy (non-hydrogen) atoms. The van der Waals surface area contributed by atoms with Crippen LogP contribution in [0.25, 0.3) is 10.9 Å². The zero-order chi connectivity index (χ0) is 27.4. The van der Waals surface area contributed by atoms with Crippen LogP contribution in [0.3, 0.4) is 0 Å². The Bertz CT molecular complexity index is 912. The van der Waals surface area contributed by atoms with Gasteiger partial charge in [0.15, 0.2) is 12.5 Å². The molecule has 0 spiro atoms. The largest absolute Gasteiger partial charge is 0.463 e. The lowest BCUT2D eigenvalue weighted by Crippen LogP contribution is -2.34. The Labute approximate surface area is 237 Å². The van der Waals surface area contributed by atoms with Gasteiger partial charge in [0.1, 0.15) is 19.3 Å². The number of benzene rings is 1. The van der Waals surface area contributed by atoms with Gasteiger partial charge in [0, 0.05) is 23.9 Å². The third-order valence-corrected chi connectivity index (χ3v) is 7.85. The van der Waals surface area contributed by atoms with E-state index in [1.54, 1.807) is 0 Å². The maximum absolute atomic E-state index is 12.2. The standard InChI is InChI=1S/C34H54NO4/c1-2-3-4-5-6-7-8-9-10-11-12-13-14-15-16-25-34-38-29-31(39-34)28-37-33(36)24-20-27-35-26-19-22-30-21-17-18-23-32(30)35/h17-19,21-23,26,31,34H,2-16,20,24-25,27-29H2,1H3/q+1. The summed E-state index contributed by atoms with van der Waals surface area (Å²) in [4.78, 5) is 12.2. The molecular formula is C34H54NO4+. The van der Waals surface area contributed by atoms with E-state index in [1.165, 1.54) is 101 Å². The molecule has 0 N–H and O–H groups in total. The summed E-state index contributed by atoms with van der Waals surface area (Å²) in [6.45, 7) is 3.88. The summed E-state index contributed by atoms with van der Waals surface area (Å²) in [6, 6.07) is 12.5. The molecule has 0 radical (unpaired) electrons. The number of hydrogen-bond donors (Lipinski definition) is 0. The molecule has 1 aromatic carbocycles. The zero-order valence-electron chi connectivity index (χ0n) is 24.6. The SMILES string of the molecule is CCCCCCCCCCCCCCCCCC1OCC(COC(=O)CCC[n+]2cccc3ccccc32)O1. The molecular weight excluding hydrogens is 486 g/mol. The van der Waals surface area contributed by atoms with Gasteiger partial charge in [-0.25, -0.2) is 0 Å². The van der Waals surface area contributed by atoms with Gasteiger partial charge in [-0.1, -0.05) is 109 Å². The van der Waals surface area contributed by atoms with E-state index in [0.717, 1.165) is 25.8 Å². The Balaban J connectivity index is 1.10. The number of carbonyl (C=O) groups excluding carboxylic acids is 1. The van der Waals surface area contributed by atoms with Crippen molar-refractivity contribution in [1.82, 2.24) is 0 Å². The predicted molar refractivity (Wildman–Crippen MR) is 158 cm³/mol. The fourth-order valence-electron chi connectivity index (χ4n) is 5.50. The number of hydrogen-bond acceptors (Lipinski definition) is 4. The first-order valence-corrected chi connectivity index (χ1v) is 16.1. The molecule has 2 heterocycles. The van der Waals surface area contributed by atoms with Gasteiger partial charge in [0.25, 0.3) is 0 Å². The number of aromatic nitrogens is 1. The van der Waals surface area contributed by atoms with E-state index in [1.807, 2.05) is 18.2 Å². The Morgan fingerprint density at radius 1 is 0.821 bits per heavy atom. The number of nitrogens with zero attached hydrogens (tertiary/aromatic N) is 1. The lowest BCUT2D eigenvalue weighted by molar-refractivity contribution is -0.671. The van der Waals surface area contributed by atoms with Crippen LogP contribution < -0.4 is 4.57 Å². The summed E-state index contributed by atoms with van der Waals surface area (Å²) < 4.78 is 19.4. The normalized spacial score (nSPS) is 17.2. The van der Waals surface area contributed by atoms with Gasteiger partial charge >= 0.3 is 5.97 Å². The molecule has 0 aliphatic carbocycles. The molecule has 1 aliphatic heterocycles. The van der Waals surface area contributed by atoms with Crippen molar-refractivity contribution >= 4 is 16.9 Å². The minimum atomic E-state index is -0.162. The molecule has 1 aromatic heterocycles. The molecule has 2 atom stereocenters. The van der Waals surface area contributed by atoms with Crippen molar-refractivity contribution < 1.29 is 23.6 Å². The van der Waals surface area contributed by atoms with Gasteiger partial charge in [0.2, 0.25) is 5.52 Å². The van der Waals surface area contributed by atoms with Crippen LogP contribution in [0, 0.1) is 0 Å². The van der Waals surface area contributed by atoms with E-state index in [0.29, 0.717) is 13.0 Å². The van der Waals surface area contributed by atoms with Gasteiger partial charge in [-0.3, -0.25) is 4.79 Å². The molecule has 218 valence electrons. The molecule has 0 bridgehead atoms. The van der Waals surface area contributed by atoms with Crippen LogP contribution in [0.2, 0.25) is 0 Å². The van der Waals surface area contributed by atoms with E-state index in [9.17, 15) is 4.79 Å². The number of esters is 1. The van der Waals surface area contributed by atoms with Gasteiger partial charge in [-0.15, -0.1) is 0 Å². The van der Waals surface area contributed by atoms with Crippen LogP contribution in [0.1, 0.15) is 122 Å². The Kier molecular flexibility index (Phi) is 16.2. The molecule has 2 unspecified atom stereocenters. The number of ether oxygens (including phenoxy) is 3. The molecule has 0 saturated carbocycles. The number of para-hydroxylation sites is 1. The lowest BCUT2D eigenvalue weighted by Gasteiger charge is -2.12. The molecule has 1 aliphatic rings. The van der Waals surface area contributed by atoms with Crippen LogP contribution in [-0.4, -0.2) is 31.6 Å². The summed E-state index contributed by atoms with van der Waals surface area (Å²) in [5.74, 6) is -0.162. The number of fused-ring (bicyclic) bond motifs is 1. The van der Waals surface area contributed by atoms with Crippen molar-refractivity contribution in [2.75, 3.05) is 13.2 Å². The quantitative estimate of drug-likeness (QED) is 0.0854. The van der Waals surface area contributed by atoms with Crippen molar-refractivity contribution in [1.29, 1.82) is 0 Å². The average Bonchev–Trinajstić information content (AvgIpc) is 3.42. The van der Waals surface area contributed by atoms with E-state index in [-0.39, 0.29) is 25.0 Å². The molecule has 1 fully saturated rings. The minimum absolute atomic E-state index is 0.136. The van der Waals surface area contributed by atoms with Crippen molar-refractivity contribution in [2.24, 2.45) is 0 Å². The first-order valence-electron chi connectivity index (χ1n) is 16.1. The minimum Gasteiger partial charge on any atom is -0.463 e. The van der Waals surface area contributed by atoms with Crippen molar-refractivity contribution in [2.45, 2.75) is 141 Å². The van der Waals surface area contributed by atoms with Crippen LogP contribution >= 0.6 is 0 Å². The van der Waals surface area contributed by atoms with Gasteiger partial charge in [0.05, 0.1) is 13.0 Å². The van der Waals surface area contributed by atoms with Crippen LogP contribution in [0.4, 0.5) is 0 Å². The number of pyridine rings is 1. The summed E-state index contributed by atoms with van der Waals surface area (Å²) in [5, 5.41) is 1.21. The van der Waals surface area contributed by atoms with E-state index in [2.05, 4.69) is 35.9 Å². The van der Waals surface area contributed by atoms with E-state index < -0.39 is 0 Å². The maximum atomic E-state index is 12.2. The highest BCUT2D eigenvalue weighted by Gasteiger charge is 2.26. The zero-order valence-corrected chi connectivity index (χ0v) is 24.6. The Morgan fingerprint density at radius 2 is 1.44 bits per heavy atom. The number of aryl methyl sites for hydroxylation is 1. The van der Waals surface area contributed by atoms with E-state index in [4.69, 9.17) is 14.2 Å². The second kappa shape index (κ2) is 20.0. The molecule has 3 rings (SSSR count). The first-order chi connectivity index (χ1) is 19.3. The molecule has 2 aromatic rings. The monoisotopic (exact) mass is 540 g/mol. The smallest absolute Gasteiger partial charge is 0.306 e. The average molecular weight is 541 g/mol. The van der Waals surface area contributed by atoms with Crippen LogP contribution in [0.5, 0.6) is 0 Å². The molecule has 5 nitrogen and oxygen atoms in total. The third kappa shape index (κ3) is 13.3. The second-order valence-corrected chi connectivity index (χ2v) is 11.3. The molecule has 5 heteroatoms. The summed E-state index contributed by atoms with van der Waals surface area (Å²) >= 11 is 0. The van der Waals surface area contributed by atoms with Gasteiger partial charge in [-0.2, -0.15) is 4.57 Å².